The summed E-state index contributed by atoms with van der Waals surface area (Å²) in [5.74, 6) is -0.364. The molecule has 124 valence electrons. The van der Waals surface area contributed by atoms with Crippen LogP contribution in [0, 0.1) is 11.8 Å². The molecule has 0 aromatic heterocycles. The summed E-state index contributed by atoms with van der Waals surface area (Å²) in [4.78, 5) is 12.3. The van der Waals surface area contributed by atoms with E-state index in [1.54, 1.807) is 27.7 Å². The van der Waals surface area contributed by atoms with E-state index in [1.807, 2.05) is 13.8 Å². The van der Waals surface area contributed by atoms with E-state index in [4.69, 9.17) is 4.74 Å². The van der Waals surface area contributed by atoms with Crippen LogP contribution in [0.1, 0.15) is 60.8 Å². The van der Waals surface area contributed by atoms with Crippen molar-refractivity contribution in [1.82, 2.24) is 0 Å². The molecule has 0 aliphatic heterocycles. The smallest absolute Gasteiger partial charge is 0.322 e. The number of ether oxygens (including phenoxy) is 1. The Morgan fingerprint density at radius 1 is 1.14 bits per heavy atom. The molecule has 0 amide bonds. The van der Waals surface area contributed by atoms with Gasteiger partial charge in [0.1, 0.15) is 9.53 Å². The van der Waals surface area contributed by atoms with E-state index in [0.29, 0.717) is 19.3 Å². The molecule has 21 heavy (non-hydrogen) atoms. The molecule has 1 saturated carbocycles. The lowest BCUT2D eigenvalue weighted by Gasteiger charge is -2.32. The van der Waals surface area contributed by atoms with Crippen LogP contribution < -0.4 is 0 Å². The Balaban J connectivity index is 2.90. The fraction of sp³-hybridized carbons (Fsp3) is 0.938. The van der Waals surface area contributed by atoms with E-state index in [9.17, 15) is 15.0 Å². The van der Waals surface area contributed by atoms with Crippen LogP contribution in [-0.2, 0) is 9.53 Å². The summed E-state index contributed by atoms with van der Waals surface area (Å²) in [7, 11) is 0. The van der Waals surface area contributed by atoms with Crippen LogP contribution in [0.15, 0.2) is 0 Å². The van der Waals surface area contributed by atoms with Crippen molar-refractivity contribution in [2.75, 3.05) is 0 Å². The molecule has 0 aromatic carbocycles. The number of carbonyl (C=O) groups is 1. The van der Waals surface area contributed by atoms with Crippen LogP contribution in [0.3, 0.4) is 0 Å². The molecule has 5 heteroatoms. The minimum absolute atomic E-state index is 0.0221. The Labute approximate surface area is 141 Å². The topological polar surface area (TPSA) is 66.8 Å². The third-order valence-electron chi connectivity index (χ3n) is 4.76. The highest BCUT2D eigenvalue weighted by Crippen LogP contribution is 2.44. The van der Waals surface area contributed by atoms with Gasteiger partial charge in [0, 0.05) is 5.92 Å². The Morgan fingerprint density at radius 2 is 1.67 bits per heavy atom. The van der Waals surface area contributed by atoms with Crippen molar-refractivity contribution in [2.45, 2.75) is 81.5 Å². The van der Waals surface area contributed by atoms with Gasteiger partial charge in [0.05, 0.1) is 11.2 Å². The standard InChI is InChI=1S/C16H29IO4/c1-7-16(6,17)13(18)21-12-9-10(14(2,3)19)8-11(12)15(4,5)20/h10-12,19-20H,7-9H2,1-6H3. The SMILES string of the molecule is CCC(C)(I)C(=O)OC1CC(C(C)(C)O)CC1C(C)(C)O. The van der Waals surface area contributed by atoms with Gasteiger partial charge in [-0.15, -0.1) is 0 Å². The summed E-state index contributed by atoms with van der Waals surface area (Å²) in [5.41, 5.74) is -1.76. The second kappa shape index (κ2) is 6.32. The zero-order valence-electron chi connectivity index (χ0n) is 13.9. The Morgan fingerprint density at radius 3 is 2.05 bits per heavy atom. The van der Waals surface area contributed by atoms with Crippen LogP contribution in [-0.4, -0.2) is 36.9 Å². The summed E-state index contributed by atoms with van der Waals surface area (Å²) in [6, 6.07) is 0. The average Bonchev–Trinajstić information content (AvgIpc) is 2.72. The summed E-state index contributed by atoms with van der Waals surface area (Å²) in [5, 5.41) is 20.6. The van der Waals surface area contributed by atoms with Gasteiger partial charge in [-0.2, -0.15) is 0 Å². The van der Waals surface area contributed by atoms with Gasteiger partial charge in [-0.1, -0.05) is 29.5 Å². The number of halogens is 1. The highest BCUT2D eigenvalue weighted by molar-refractivity contribution is 14.1. The van der Waals surface area contributed by atoms with Crippen LogP contribution in [0.2, 0.25) is 0 Å². The van der Waals surface area contributed by atoms with Crippen molar-refractivity contribution in [3.8, 4) is 0 Å². The molecule has 2 N–H and O–H groups in total. The van der Waals surface area contributed by atoms with Gasteiger partial charge >= 0.3 is 5.97 Å². The predicted octanol–water partition coefficient (Wildman–Crippen LogP) is 3.07. The van der Waals surface area contributed by atoms with Crippen molar-refractivity contribution in [3.05, 3.63) is 0 Å². The minimum Gasteiger partial charge on any atom is -0.461 e. The molecular weight excluding hydrogens is 383 g/mol. The molecule has 4 atom stereocenters. The fourth-order valence-electron chi connectivity index (χ4n) is 2.85. The third kappa shape index (κ3) is 4.79. The van der Waals surface area contributed by atoms with Gasteiger partial charge in [0.15, 0.2) is 0 Å². The molecule has 1 rings (SSSR count). The zero-order chi connectivity index (χ0) is 16.6. The number of aliphatic hydroxyl groups is 2. The monoisotopic (exact) mass is 412 g/mol. The third-order valence-corrected chi connectivity index (χ3v) is 5.96. The first-order valence-electron chi connectivity index (χ1n) is 7.63. The van der Waals surface area contributed by atoms with Gasteiger partial charge in [0.2, 0.25) is 0 Å². The van der Waals surface area contributed by atoms with Crippen molar-refractivity contribution in [3.63, 3.8) is 0 Å². The minimum atomic E-state index is -0.932. The highest BCUT2D eigenvalue weighted by Gasteiger charge is 2.49. The van der Waals surface area contributed by atoms with Crippen LogP contribution in [0.4, 0.5) is 0 Å². The lowest BCUT2D eigenvalue weighted by atomic mass is 9.84. The Hall–Kier alpha value is 0.120. The van der Waals surface area contributed by atoms with Crippen molar-refractivity contribution >= 4 is 28.6 Å². The lowest BCUT2D eigenvalue weighted by Crippen LogP contribution is -2.41. The Bertz CT molecular complexity index is 379. The van der Waals surface area contributed by atoms with Gasteiger partial charge in [-0.05, 0) is 59.8 Å². The van der Waals surface area contributed by atoms with E-state index in [1.165, 1.54) is 0 Å². The fourth-order valence-corrected chi connectivity index (χ4v) is 2.98. The molecular formula is C16H29IO4. The summed E-state index contributed by atoms with van der Waals surface area (Å²) < 4.78 is 5.17. The number of rotatable bonds is 5. The number of alkyl halides is 1. The molecule has 0 bridgehead atoms. The second-order valence-electron chi connectivity index (χ2n) is 7.58. The van der Waals surface area contributed by atoms with Crippen LogP contribution in [0.5, 0.6) is 0 Å². The van der Waals surface area contributed by atoms with Gasteiger partial charge < -0.3 is 14.9 Å². The molecule has 4 nitrogen and oxygen atoms in total. The largest absolute Gasteiger partial charge is 0.461 e. The molecule has 0 heterocycles. The molecule has 0 saturated heterocycles. The van der Waals surface area contributed by atoms with Crippen molar-refractivity contribution in [2.24, 2.45) is 11.8 Å². The summed E-state index contributed by atoms with van der Waals surface area (Å²) in [6.07, 6.45) is 1.62. The molecule has 4 unspecified atom stereocenters. The van der Waals surface area contributed by atoms with Gasteiger partial charge in [-0.3, -0.25) is 4.79 Å². The number of hydrogen-bond acceptors (Lipinski definition) is 4. The van der Waals surface area contributed by atoms with Crippen LogP contribution in [0.25, 0.3) is 0 Å². The molecule has 0 spiro atoms. The molecule has 0 aromatic rings. The highest BCUT2D eigenvalue weighted by atomic mass is 127. The van der Waals surface area contributed by atoms with E-state index < -0.39 is 14.6 Å². The van der Waals surface area contributed by atoms with Crippen LogP contribution >= 0.6 is 22.6 Å². The van der Waals surface area contributed by atoms with E-state index in [0.717, 1.165) is 0 Å². The van der Waals surface area contributed by atoms with Crippen molar-refractivity contribution < 1.29 is 19.7 Å². The molecule has 1 aliphatic rings. The quantitative estimate of drug-likeness (QED) is 0.414. The predicted molar refractivity (Wildman–Crippen MR) is 91.4 cm³/mol. The first-order valence-corrected chi connectivity index (χ1v) is 8.71. The Kier molecular flexibility index (Phi) is 5.77. The number of esters is 1. The lowest BCUT2D eigenvalue weighted by molar-refractivity contribution is -0.157. The average molecular weight is 412 g/mol. The molecule has 0 radical (unpaired) electrons. The maximum Gasteiger partial charge on any atom is 0.322 e. The van der Waals surface area contributed by atoms with Gasteiger partial charge in [-0.25, -0.2) is 0 Å². The maximum atomic E-state index is 12.3. The molecule has 1 aliphatic carbocycles. The van der Waals surface area contributed by atoms with E-state index >= 15 is 0 Å². The van der Waals surface area contributed by atoms with E-state index in [2.05, 4.69) is 22.6 Å². The maximum absolute atomic E-state index is 12.3. The van der Waals surface area contributed by atoms with Crippen molar-refractivity contribution in [1.29, 1.82) is 0 Å². The first kappa shape index (κ1) is 19.2. The number of carbonyl (C=O) groups excluding carboxylic acids is 1. The summed E-state index contributed by atoms with van der Waals surface area (Å²) >= 11 is 2.12. The summed E-state index contributed by atoms with van der Waals surface area (Å²) in [6.45, 7) is 10.9. The number of hydrogen-bond donors (Lipinski definition) is 2. The molecule has 1 fully saturated rings. The van der Waals surface area contributed by atoms with E-state index in [-0.39, 0.29) is 23.9 Å². The first-order chi connectivity index (χ1) is 9.29. The normalized spacial score (nSPS) is 30.0. The second-order valence-corrected chi connectivity index (χ2v) is 9.96. The van der Waals surface area contributed by atoms with Gasteiger partial charge in [0.25, 0.3) is 0 Å². The zero-order valence-corrected chi connectivity index (χ0v) is 16.1.